The largest absolute Gasteiger partial charge is 0.298 e. The highest BCUT2D eigenvalue weighted by Crippen LogP contribution is 2.32. The number of thiazole rings is 1. The molecule has 0 bridgehead atoms. The molecule has 0 unspecified atom stereocenters. The lowest BCUT2D eigenvalue weighted by Gasteiger charge is -2.15. The van der Waals surface area contributed by atoms with Crippen molar-refractivity contribution in [3.63, 3.8) is 0 Å². The van der Waals surface area contributed by atoms with Gasteiger partial charge in [-0.25, -0.2) is 13.4 Å². The summed E-state index contributed by atoms with van der Waals surface area (Å²) in [5.74, 6) is -0.377. The average Bonchev–Trinajstić information content (AvgIpc) is 3.42. The first-order chi connectivity index (χ1) is 14.3. The van der Waals surface area contributed by atoms with Crippen LogP contribution < -0.4 is 5.32 Å². The van der Waals surface area contributed by atoms with Gasteiger partial charge in [-0.3, -0.25) is 10.1 Å². The second-order valence-corrected chi connectivity index (χ2v) is 10.4. The van der Waals surface area contributed by atoms with Gasteiger partial charge in [-0.1, -0.05) is 23.2 Å². The standard InChI is InChI=1S/C20H17Cl2N3O3S2/c21-14-5-8-17(22)16(11-14)18-12-29-20(23-18)24-19(26)13-3-6-15(7-4-13)30(27,28)25-9-1-2-10-25/h3-8,11-12H,1-2,9-10H2,(H,23,24,26). The molecule has 0 atom stereocenters. The highest BCUT2D eigenvalue weighted by atomic mass is 35.5. The normalized spacial score (nSPS) is 14.7. The van der Waals surface area contributed by atoms with Gasteiger partial charge in [0.25, 0.3) is 5.91 Å². The smallest absolute Gasteiger partial charge is 0.257 e. The summed E-state index contributed by atoms with van der Waals surface area (Å²) in [6.07, 6.45) is 1.74. The zero-order chi connectivity index (χ0) is 21.3. The van der Waals surface area contributed by atoms with Crippen molar-refractivity contribution in [3.8, 4) is 11.3 Å². The quantitative estimate of drug-likeness (QED) is 0.545. The van der Waals surface area contributed by atoms with Crippen LogP contribution in [0, 0.1) is 0 Å². The minimum absolute atomic E-state index is 0.188. The van der Waals surface area contributed by atoms with Crippen LogP contribution in [0.3, 0.4) is 0 Å². The second-order valence-electron chi connectivity index (χ2n) is 6.75. The van der Waals surface area contributed by atoms with E-state index in [1.807, 2.05) is 0 Å². The number of amides is 1. The summed E-state index contributed by atoms with van der Waals surface area (Å²) in [6.45, 7) is 1.07. The molecule has 1 amide bonds. The number of anilines is 1. The lowest BCUT2D eigenvalue weighted by molar-refractivity contribution is 0.102. The van der Waals surface area contributed by atoms with Crippen molar-refractivity contribution in [2.75, 3.05) is 18.4 Å². The fourth-order valence-corrected chi connectivity index (χ4v) is 5.78. The molecule has 10 heteroatoms. The van der Waals surface area contributed by atoms with E-state index in [0.717, 1.165) is 12.8 Å². The molecule has 2 aromatic carbocycles. The van der Waals surface area contributed by atoms with Gasteiger partial charge in [-0.05, 0) is 55.3 Å². The van der Waals surface area contributed by atoms with Gasteiger partial charge in [0.2, 0.25) is 10.0 Å². The van der Waals surface area contributed by atoms with Crippen LogP contribution >= 0.6 is 34.5 Å². The number of rotatable bonds is 5. The third-order valence-corrected chi connectivity index (χ3v) is 7.98. The van der Waals surface area contributed by atoms with Crippen LogP contribution in [0.4, 0.5) is 5.13 Å². The lowest BCUT2D eigenvalue weighted by Crippen LogP contribution is -2.27. The van der Waals surface area contributed by atoms with E-state index < -0.39 is 10.0 Å². The summed E-state index contributed by atoms with van der Waals surface area (Å²) >= 11 is 13.5. The Labute approximate surface area is 188 Å². The van der Waals surface area contributed by atoms with Crippen LogP contribution in [-0.4, -0.2) is 36.7 Å². The zero-order valence-electron chi connectivity index (χ0n) is 15.6. The van der Waals surface area contributed by atoms with Crippen LogP contribution in [0.15, 0.2) is 52.7 Å². The van der Waals surface area contributed by atoms with Crippen LogP contribution in [-0.2, 0) is 10.0 Å². The highest BCUT2D eigenvalue weighted by Gasteiger charge is 2.27. The first kappa shape index (κ1) is 21.3. The zero-order valence-corrected chi connectivity index (χ0v) is 18.8. The molecule has 30 heavy (non-hydrogen) atoms. The molecule has 0 spiro atoms. The topological polar surface area (TPSA) is 79.4 Å². The van der Waals surface area contributed by atoms with Crippen molar-refractivity contribution in [2.24, 2.45) is 0 Å². The van der Waals surface area contributed by atoms with Crippen LogP contribution in [0.1, 0.15) is 23.2 Å². The molecule has 2 heterocycles. The van der Waals surface area contributed by atoms with E-state index in [0.29, 0.717) is 45.1 Å². The maximum atomic E-state index is 12.6. The van der Waals surface area contributed by atoms with Crippen LogP contribution in [0.2, 0.25) is 10.0 Å². The summed E-state index contributed by atoms with van der Waals surface area (Å²) in [7, 11) is -3.51. The summed E-state index contributed by atoms with van der Waals surface area (Å²) in [5.41, 5.74) is 1.63. The van der Waals surface area contributed by atoms with Crippen molar-refractivity contribution < 1.29 is 13.2 Å². The monoisotopic (exact) mass is 481 g/mol. The van der Waals surface area contributed by atoms with E-state index in [1.165, 1.54) is 39.9 Å². The highest BCUT2D eigenvalue weighted by molar-refractivity contribution is 7.89. The Morgan fingerprint density at radius 2 is 1.77 bits per heavy atom. The number of hydrogen-bond donors (Lipinski definition) is 1. The van der Waals surface area contributed by atoms with Gasteiger partial charge >= 0.3 is 0 Å². The molecule has 0 saturated carbocycles. The first-order valence-corrected chi connectivity index (χ1v) is 12.2. The Kier molecular flexibility index (Phi) is 6.13. The maximum absolute atomic E-state index is 12.6. The number of nitrogens with zero attached hydrogens (tertiary/aromatic N) is 2. The fourth-order valence-electron chi connectivity index (χ4n) is 3.17. The molecule has 6 nitrogen and oxygen atoms in total. The number of carbonyl (C=O) groups is 1. The van der Waals surface area contributed by atoms with Crippen LogP contribution in [0.25, 0.3) is 11.3 Å². The molecule has 0 aliphatic carbocycles. The number of aromatic nitrogens is 1. The summed E-state index contributed by atoms with van der Waals surface area (Å²) in [4.78, 5) is 17.1. The number of hydrogen-bond acceptors (Lipinski definition) is 5. The van der Waals surface area contributed by atoms with Gasteiger partial charge in [0.1, 0.15) is 0 Å². The molecule has 0 radical (unpaired) electrons. The Bertz CT molecular complexity index is 1190. The lowest BCUT2D eigenvalue weighted by atomic mass is 10.2. The summed E-state index contributed by atoms with van der Waals surface area (Å²) in [6, 6.07) is 11.0. The van der Waals surface area contributed by atoms with Crippen molar-refractivity contribution in [1.29, 1.82) is 0 Å². The number of sulfonamides is 1. The second kappa shape index (κ2) is 8.64. The molecule has 1 fully saturated rings. The Hall–Kier alpha value is -1.97. The predicted octanol–water partition coefficient (Wildman–Crippen LogP) is 5.15. The SMILES string of the molecule is O=C(Nc1nc(-c2cc(Cl)ccc2Cl)cs1)c1ccc(S(=O)(=O)N2CCCC2)cc1. The average molecular weight is 482 g/mol. The van der Waals surface area contributed by atoms with Gasteiger partial charge in [0.15, 0.2) is 5.13 Å². The van der Waals surface area contributed by atoms with Gasteiger partial charge in [-0.15, -0.1) is 11.3 Å². The van der Waals surface area contributed by atoms with E-state index in [-0.39, 0.29) is 10.8 Å². The third kappa shape index (κ3) is 4.38. The van der Waals surface area contributed by atoms with Crippen molar-refractivity contribution in [1.82, 2.24) is 9.29 Å². The molecular weight excluding hydrogens is 465 g/mol. The number of carbonyl (C=O) groups excluding carboxylic acids is 1. The van der Waals surface area contributed by atoms with E-state index in [1.54, 1.807) is 23.6 Å². The minimum Gasteiger partial charge on any atom is -0.298 e. The van der Waals surface area contributed by atoms with Crippen molar-refractivity contribution in [3.05, 3.63) is 63.5 Å². The summed E-state index contributed by atoms with van der Waals surface area (Å²) < 4.78 is 26.7. The maximum Gasteiger partial charge on any atom is 0.257 e. The van der Waals surface area contributed by atoms with Crippen LogP contribution in [0.5, 0.6) is 0 Å². The van der Waals surface area contributed by atoms with Crippen molar-refractivity contribution >= 4 is 55.6 Å². The molecule has 3 aromatic rings. The van der Waals surface area contributed by atoms with Gasteiger partial charge in [0.05, 0.1) is 15.6 Å². The molecule has 1 aliphatic heterocycles. The van der Waals surface area contributed by atoms with Crippen molar-refractivity contribution in [2.45, 2.75) is 17.7 Å². The molecule has 1 aromatic heterocycles. The van der Waals surface area contributed by atoms with E-state index in [9.17, 15) is 13.2 Å². The van der Waals surface area contributed by atoms with E-state index >= 15 is 0 Å². The number of nitrogens with one attached hydrogen (secondary N) is 1. The van der Waals surface area contributed by atoms with E-state index in [4.69, 9.17) is 23.2 Å². The number of halogens is 2. The Balaban J connectivity index is 1.48. The van der Waals surface area contributed by atoms with Gasteiger partial charge in [-0.2, -0.15) is 4.31 Å². The molecule has 1 saturated heterocycles. The molecule has 1 aliphatic rings. The predicted molar refractivity (Wildman–Crippen MR) is 120 cm³/mol. The van der Waals surface area contributed by atoms with E-state index in [2.05, 4.69) is 10.3 Å². The Morgan fingerprint density at radius 1 is 1.07 bits per heavy atom. The molecular formula is C20H17Cl2N3O3S2. The fraction of sp³-hybridized carbons (Fsp3) is 0.200. The Morgan fingerprint density at radius 3 is 2.47 bits per heavy atom. The minimum atomic E-state index is -3.51. The van der Waals surface area contributed by atoms with Gasteiger partial charge in [0, 0.05) is 34.6 Å². The molecule has 1 N–H and O–H groups in total. The first-order valence-electron chi connectivity index (χ1n) is 9.17. The van der Waals surface area contributed by atoms with Gasteiger partial charge < -0.3 is 0 Å². The number of benzene rings is 2. The summed E-state index contributed by atoms with van der Waals surface area (Å²) in [5, 5.41) is 5.96. The molecule has 156 valence electrons. The molecule has 4 rings (SSSR count). The third-order valence-electron chi connectivity index (χ3n) is 4.75.